The molecule has 0 saturated heterocycles. The van der Waals surface area contributed by atoms with Crippen molar-refractivity contribution < 1.29 is 4.79 Å². The molecule has 1 aromatic carbocycles. The maximum Gasteiger partial charge on any atom is 0.254 e. The first kappa shape index (κ1) is 17.4. The third kappa shape index (κ3) is 3.65. The molecule has 1 atom stereocenters. The van der Waals surface area contributed by atoms with Crippen LogP contribution in [0.3, 0.4) is 0 Å². The third-order valence-corrected chi connectivity index (χ3v) is 4.52. The van der Waals surface area contributed by atoms with E-state index in [1.54, 1.807) is 42.4 Å². The van der Waals surface area contributed by atoms with Gasteiger partial charge < -0.3 is 4.90 Å². The second-order valence-electron chi connectivity index (χ2n) is 5.50. The van der Waals surface area contributed by atoms with Gasteiger partial charge in [-0.15, -0.1) is 0 Å². The molecule has 0 bridgehead atoms. The Bertz CT molecular complexity index is 898. The summed E-state index contributed by atoms with van der Waals surface area (Å²) in [5, 5.41) is 5.11. The summed E-state index contributed by atoms with van der Waals surface area (Å²) in [6.45, 7) is 1.91. The standard InChI is InChI=1S/C17H15Cl2N5O/c1-11(14-4-3-13(18)8-15(14)19)23(2)17(25)12-5-6-21-16(7-12)24-10-20-9-22-24/h3-11H,1-2H3. The predicted molar refractivity (Wildman–Crippen MR) is 96.1 cm³/mol. The lowest BCUT2D eigenvalue weighted by Crippen LogP contribution is -2.30. The fourth-order valence-electron chi connectivity index (χ4n) is 2.43. The summed E-state index contributed by atoms with van der Waals surface area (Å²) < 4.78 is 1.50. The Labute approximate surface area is 155 Å². The van der Waals surface area contributed by atoms with Crippen molar-refractivity contribution in [3.63, 3.8) is 0 Å². The molecule has 6 nitrogen and oxygen atoms in total. The Morgan fingerprint density at radius 3 is 2.72 bits per heavy atom. The van der Waals surface area contributed by atoms with Gasteiger partial charge in [-0.25, -0.2) is 14.6 Å². The molecule has 0 aliphatic rings. The van der Waals surface area contributed by atoms with Gasteiger partial charge >= 0.3 is 0 Å². The average molecular weight is 376 g/mol. The van der Waals surface area contributed by atoms with Crippen LogP contribution >= 0.6 is 23.2 Å². The highest BCUT2D eigenvalue weighted by Crippen LogP contribution is 2.29. The Morgan fingerprint density at radius 1 is 1.24 bits per heavy atom. The largest absolute Gasteiger partial charge is 0.335 e. The van der Waals surface area contributed by atoms with Crippen LogP contribution in [0.5, 0.6) is 0 Å². The molecule has 0 saturated carbocycles. The summed E-state index contributed by atoms with van der Waals surface area (Å²) in [5.41, 5.74) is 1.33. The van der Waals surface area contributed by atoms with E-state index in [9.17, 15) is 4.79 Å². The number of carbonyl (C=O) groups excluding carboxylic acids is 1. The van der Waals surface area contributed by atoms with Crippen molar-refractivity contribution in [3.8, 4) is 5.82 Å². The smallest absolute Gasteiger partial charge is 0.254 e. The third-order valence-electron chi connectivity index (χ3n) is 3.96. The molecule has 0 aliphatic carbocycles. The first-order valence-electron chi connectivity index (χ1n) is 7.50. The molecule has 0 N–H and O–H groups in total. The monoisotopic (exact) mass is 375 g/mol. The van der Waals surface area contributed by atoms with E-state index >= 15 is 0 Å². The first-order valence-corrected chi connectivity index (χ1v) is 8.26. The van der Waals surface area contributed by atoms with E-state index in [0.29, 0.717) is 21.4 Å². The van der Waals surface area contributed by atoms with Crippen LogP contribution in [0.1, 0.15) is 28.9 Å². The van der Waals surface area contributed by atoms with Gasteiger partial charge in [-0.1, -0.05) is 29.3 Å². The summed E-state index contributed by atoms with van der Waals surface area (Å²) in [5.74, 6) is 0.371. The van der Waals surface area contributed by atoms with E-state index in [-0.39, 0.29) is 11.9 Å². The number of hydrogen-bond donors (Lipinski definition) is 0. The summed E-state index contributed by atoms with van der Waals surface area (Å²) in [4.78, 5) is 22.6. The minimum atomic E-state index is -0.222. The molecule has 3 aromatic rings. The quantitative estimate of drug-likeness (QED) is 0.695. The molecule has 1 unspecified atom stereocenters. The molecular formula is C17H15Cl2N5O. The Hall–Kier alpha value is -2.44. The fourth-order valence-corrected chi connectivity index (χ4v) is 3.00. The molecule has 3 rings (SSSR count). The van der Waals surface area contributed by atoms with Crippen molar-refractivity contribution >= 4 is 29.1 Å². The zero-order valence-electron chi connectivity index (χ0n) is 13.6. The zero-order chi connectivity index (χ0) is 18.0. The SMILES string of the molecule is CC(c1ccc(Cl)cc1Cl)N(C)C(=O)c1ccnc(-n2cncn2)c1. The van der Waals surface area contributed by atoms with E-state index < -0.39 is 0 Å². The lowest BCUT2D eigenvalue weighted by Gasteiger charge is -2.26. The van der Waals surface area contributed by atoms with E-state index in [1.807, 2.05) is 13.0 Å². The summed E-state index contributed by atoms with van der Waals surface area (Å²) >= 11 is 12.2. The van der Waals surface area contributed by atoms with Gasteiger partial charge in [0.05, 0.1) is 6.04 Å². The van der Waals surface area contributed by atoms with Gasteiger partial charge in [-0.3, -0.25) is 4.79 Å². The minimum absolute atomic E-state index is 0.151. The first-order chi connectivity index (χ1) is 12.0. The van der Waals surface area contributed by atoms with Crippen LogP contribution in [0.2, 0.25) is 10.0 Å². The van der Waals surface area contributed by atoms with Gasteiger partial charge in [0.1, 0.15) is 12.7 Å². The lowest BCUT2D eigenvalue weighted by atomic mass is 10.1. The normalized spacial score (nSPS) is 12.0. The Kier molecular flexibility index (Phi) is 5.01. The van der Waals surface area contributed by atoms with Gasteiger partial charge in [0.15, 0.2) is 5.82 Å². The lowest BCUT2D eigenvalue weighted by molar-refractivity contribution is 0.0742. The second kappa shape index (κ2) is 7.21. The van der Waals surface area contributed by atoms with Crippen LogP contribution in [0.15, 0.2) is 49.2 Å². The van der Waals surface area contributed by atoms with Crippen molar-refractivity contribution in [2.45, 2.75) is 13.0 Å². The van der Waals surface area contributed by atoms with Crippen LogP contribution in [0, 0.1) is 0 Å². The number of benzene rings is 1. The van der Waals surface area contributed by atoms with Crippen LogP contribution in [0.4, 0.5) is 0 Å². The number of hydrogen-bond acceptors (Lipinski definition) is 4. The molecule has 25 heavy (non-hydrogen) atoms. The van der Waals surface area contributed by atoms with Crippen molar-refractivity contribution in [1.29, 1.82) is 0 Å². The highest BCUT2D eigenvalue weighted by Gasteiger charge is 2.21. The summed E-state index contributed by atoms with van der Waals surface area (Å²) in [6, 6.07) is 8.36. The second-order valence-corrected chi connectivity index (χ2v) is 6.34. The number of carbonyl (C=O) groups is 1. The number of nitrogens with zero attached hydrogens (tertiary/aromatic N) is 5. The topological polar surface area (TPSA) is 63.9 Å². The maximum atomic E-state index is 12.8. The highest BCUT2D eigenvalue weighted by atomic mass is 35.5. The Morgan fingerprint density at radius 2 is 2.04 bits per heavy atom. The van der Waals surface area contributed by atoms with Gasteiger partial charge in [-0.05, 0) is 36.8 Å². The molecule has 0 aliphatic heterocycles. The highest BCUT2D eigenvalue weighted by molar-refractivity contribution is 6.35. The van der Waals surface area contributed by atoms with Crippen molar-refractivity contribution in [2.75, 3.05) is 7.05 Å². The van der Waals surface area contributed by atoms with E-state index in [0.717, 1.165) is 5.56 Å². The van der Waals surface area contributed by atoms with E-state index in [4.69, 9.17) is 23.2 Å². The minimum Gasteiger partial charge on any atom is -0.335 e. The molecule has 1 amide bonds. The molecule has 8 heteroatoms. The number of rotatable bonds is 4. The molecule has 0 fully saturated rings. The van der Waals surface area contributed by atoms with Crippen LogP contribution in [-0.4, -0.2) is 37.6 Å². The van der Waals surface area contributed by atoms with Gasteiger partial charge in [0, 0.05) is 28.9 Å². The molecule has 2 aromatic heterocycles. The molecule has 0 radical (unpaired) electrons. The zero-order valence-corrected chi connectivity index (χ0v) is 15.1. The van der Waals surface area contributed by atoms with Crippen molar-refractivity contribution in [3.05, 3.63) is 70.4 Å². The molecule has 0 spiro atoms. The van der Waals surface area contributed by atoms with Gasteiger partial charge in [0.2, 0.25) is 0 Å². The molecular weight excluding hydrogens is 361 g/mol. The number of aromatic nitrogens is 4. The molecule has 2 heterocycles. The van der Waals surface area contributed by atoms with Crippen molar-refractivity contribution in [1.82, 2.24) is 24.6 Å². The van der Waals surface area contributed by atoms with E-state index in [1.165, 1.54) is 17.3 Å². The Balaban J connectivity index is 1.86. The van der Waals surface area contributed by atoms with Crippen LogP contribution < -0.4 is 0 Å². The van der Waals surface area contributed by atoms with Gasteiger partial charge in [0.25, 0.3) is 5.91 Å². The number of pyridine rings is 1. The van der Waals surface area contributed by atoms with Crippen LogP contribution in [-0.2, 0) is 0 Å². The molecule has 128 valence electrons. The van der Waals surface area contributed by atoms with Gasteiger partial charge in [-0.2, -0.15) is 5.10 Å². The van der Waals surface area contributed by atoms with Crippen LogP contribution in [0.25, 0.3) is 5.82 Å². The fraction of sp³-hybridized carbons (Fsp3) is 0.176. The number of halogens is 2. The van der Waals surface area contributed by atoms with Crippen molar-refractivity contribution in [2.24, 2.45) is 0 Å². The predicted octanol–water partition coefficient (Wildman–Crippen LogP) is 3.80. The maximum absolute atomic E-state index is 12.8. The van der Waals surface area contributed by atoms with E-state index in [2.05, 4.69) is 15.1 Å². The summed E-state index contributed by atoms with van der Waals surface area (Å²) in [7, 11) is 1.73. The average Bonchev–Trinajstić information content (AvgIpc) is 3.15. The summed E-state index contributed by atoms with van der Waals surface area (Å²) in [6.07, 6.45) is 4.50. The number of amides is 1.